The zero-order valence-electron chi connectivity index (χ0n) is 11.1. The lowest BCUT2D eigenvalue weighted by molar-refractivity contribution is 0.526. The number of thioether (sulfide) groups is 1. The van der Waals surface area contributed by atoms with Gasteiger partial charge in [-0.2, -0.15) is 16.9 Å². The van der Waals surface area contributed by atoms with Gasteiger partial charge in [-0.1, -0.05) is 13.8 Å². The van der Waals surface area contributed by atoms with E-state index in [2.05, 4.69) is 36.2 Å². The molecular weight excluding hydrogens is 232 g/mol. The molecule has 0 saturated carbocycles. The van der Waals surface area contributed by atoms with Crippen molar-refractivity contribution in [3.8, 4) is 0 Å². The zero-order chi connectivity index (χ0) is 12.5. The Bertz CT molecular complexity index is 300. The van der Waals surface area contributed by atoms with Crippen molar-refractivity contribution in [2.75, 3.05) is 18.1 Å². The topological polar surface area (TPSA) is 42.7 Å². The first-order chi connectivity index (χ1) is 8.31. The average molecular weight is 256 g/mol. The summed E-state index contributed by atoms with van der Waals surface area (Å²) >= 11 is 2.02. The van der Waals surface area contributed by atoms with Crippen LogP contribution in [0.4, 0.5) is 0 Å². The molecule has 0 fully saturated rings. The summed E-state index contributed by atoms with van der Waals surface area (Å²) in [5, 5.41) is 7.74. The molecule has 1 aromatic rings. The molecule has 5 heteroatoms. The van der Waals surface area contributed by atoms with Gasteiger partial charge in [0.15, 0.2) is 0 Å². The highest BCUT2D eigenvalue weighted by Crippen LogP contribution is 2.08. The van der Waals surface area contributed by atoms with E-state index in [4.69, 9.17) is 0 Å². The van der Waals surface area contributed by atoms with Gasteiger partial charge in [0.05, 0.1) is 0 Å². The molecule has 0 aliphatic rings. The fourth-order valence-electron chi connectivity index (χ4n) is 1.78. The van der Waals surface area contributed by atoms with Gasteiger partial charge in [-0.05, 0) is 25.6 Å². The van der Waals surface area contributed by atoms with E-state index in [1.807, 2.05) is 16.4 Å². The molecule has 98 valence electrons. The van der Waals surface area contributed by atoms with Crippen LogP contribution < -0.4 is 5.32 Å². The Hall–Kier alpha value is -0.550. The lowest BCUT2D eigenvalue weighted by Crippen LogP contribution is -2.34. The van der Waals surface area contributed by atoms with Crippen LogP contribution in [0.15, 0.2) is 6.33 Å². The van der Waals surface area contributed by atoms with Crippen LogP contribution in [0.3, 0.4) is 0 Å². The number of nitrogens with one attached hydrogen (secondary N) is 1. The molecule has 0 amide bonds. The van der Waals surface area contributed by atoms with Crippen LogP contribution in [-0.2, 0) is 13.0 Å². The molecule has 1 atom stereocenters. The highest BCUT2D eigenvalue weighted by atomic mass is 32.2. The second kappa shape index (κ2) is 8.53. The Balaban J connectivity index is 2.47. The second-order valence-corrected chi connectivity index (χ2v) is 5.18. The van der Waals surface area contributed by atoms with Gasteiger partial charge >= 0.3 is 0 Å². The van der Waals surface area contributed by atoms with Crippen molar-refractivity contribution in [3.05, 3.63) is 12.2 Å². The Kier molecular flexibility index (Phi) is 7.28. The second-order valence-electron chi connectivity index (χ2n) is 4.03. The fraction of sp³-hybridized carbons (Fsp3) is 0.833. The first kappa shape index (κ1) is 14.5. The molecule has 17 heavy (non-hydrogen) atoms. The summed E-state index contributed by atoms with van der Waals surface area (Å²) in [6, 6.07) is 0.506. The van der Waals surface area contributed by atoms with Crippen LogP contribution in [0.1, 0.15) is 33.0 Å². The maximum Gasteiger partial charge on any atom is 0.138 e. The third-order valence-electron chi connectivity index (χ3n) is 2.58. The van der Waals surface area contributed by atoms with E-state index < -0.39 is 0 Å². The number of hydrogen-bond acceptors (Lipinski definition) is 4. The molecule has 1 rings (SSSR count). The van der Waals surface area contributed by atoms with Gasteiger partial charge in [0, 0.05) is 24.8 Å². The molecule has 0 bridgehead atoms. The smallest absolute Gasteiger partial charge is 0.138 e. The average Bonchev–Trinajstić information content (AvgIpc) is 2.77. The number of rotatable bonds is 9. The monoisotopic (exact) mass is 256 g/mol. The molecular formula is C12H24N4S. The standard InChI is InChI=1S/C12H24N4S/c1-4-7-17-9-11(13-5-2)8-12-14-10-15-16(12)6-3/h10-11,13H,4-9H2,1-3H3. The van der Waals surface area contributed by atoms with Crippen LogP contribution >= 0.6 is 11.8 Å². The van der Waals surface area contributed by atoms with Crippen LogP contribution in [0, 0.1) is 0 Å². The molecule has 0 aliphatic carbocycles. The van der Waals surface area contributed by atoms with Crippen molar-refractivity contribution in [3.63, 3.8) is 0 Å². The van der Waals surface area contributed by atoms with E-state index in [-0.39, 0.29) is 0 Å². The third-order valence-corrected chi connectivity index (χ3v) is 3.92. The summed E-state index contributed by atoms with van der Waals surface area (Å²) < 4.78 is 1.98. The third kappa shape index (κ3) is 5.08. The number of aryl methyl sites for hydroxylation is 1. The van der Waals surface area contributed by atoms with E-state index in [1.165, 1.54) is 12.2 Å². The molecule has 0 aliphatic heterocycles. The Morgan fingerprint density at radius 2 is 2.24 bits per heavy atom. The van der Waals surface area contributed by atoms with Crippen molar-refractivity contribution in [1.29, 1.82) is 0 Å². The summed E-state index contributed by atoms with van der Waals surface area (Å²) in [4.78, 5) is 4.34. The molecule has 4 nitrogen and oxygen atoms in total. The molecule has 0 radical (unpaired) electrons. The molecule has 0 aromatic carbocycles. The number of nitrogens with zero attached hydrogens (tertiary/aromatic N) is 3. The summed E-state index contributed by atoms with van der Waals surface area (Å²) in [7, 11) is 0. The van der Waals surface area contributed by atoms with Gasteiger partial charge in [0.1, 0.15) is 12.2 Å². The highest BCUT2D eigenvalue weighted by Gasteiger charge is 2.12. The van der Waals surface area contributed by atoms with E-state index in [9.17, 15) is 0 Å². The summed E-state index contributed by atoms with van der Waals surface area (Å²) in [5.74, 6) is 3.48. The van der Waals surface area contributed by atoms with Gasteiger partial charge in [-0.15, -0.1) is 0 Å². The largest absolute Gasteiger partial charge is 0.313 e. The molecule has 1 aromatic heterocycles. The SMILES string of the molecule is CCCSCC(Cc1ncnn1CC)NCC. The summed E-state index contributed by atoms with van der Waals surface area (Å²) in [5.41, 5.74) is 0. The minimum absolute atomic E-state index is 0.506. The van der Waals surface area contributed by atoms with Crippen LogP contribution in [0.5, 0.6) is 0 Å². The van der Waals surface area contributed by atoms with E-state index in [1.54, 1.807) is 6.33 Å². The molecule has 0 saturated heterocycles. The van der Waals surface area contributed by atoms with Crippen LogP contribution in [-0.4, -0.2) is 38.9 Å². The normalized spacial score (nSPS) is 12.9. The Morgan fingerprint density at radius 3 is 2.88 bits per heavy atom. The lowest BCUT2D eigenvalue weighted by Gasteiger charge is -2.17. The summed E-state index contributed by atoms with van der Waals surface area (Å²) in [6.07, 6.45) is 3.87. The highest BCUT2D eigenvalue weighted by molar-refractivity contribution is 7.99. The van der Waals surface area contributed by atoms with Crippen molar-refractivity contribution >= 4 is 11.8 Å². The van der Waals surface area contributed by atoms with Gasteiger partial charge in [-0.25, -0.2) is 4.98 Å². The predicted molar refractivity (Wildman–Crippen MR) is 74.5 cm³/mol. The van der Waals surface area contributed by atoms with E-state index in [0.717, 1.165) is 31.1 Å². The minimum atomic E-state index is 0.506. The molecule has 1 N–H and O–H groups in total. The van der Waals surface area contributed by atoms with E-state index in [0.29, 0.717) is 6.04 Å². The molecule has 0 spiro atoms. The van der Waals surface area contributed by atoms with Crippen molar-refractivity contribution in [2.24, 2.45) is 0 Å². The van der Waals surface area contributed by atoms with Crippen molar-refractivity contribution < 1.29 is 0 Å². The van der Waals surface area contributed by atoms with Crippen LogP contribution in [0.2, 0.25) is 0 Å². The van der Waals surface area contributed by atoms with Crippen molar-refractivity contribution in [1.82, 2.24) is 20.1 Å². The maximum absolute atomic E-state index is 4.34. The Morgan fingerprint density at radius 1 is 1.41 bits per heavy atom. The van der Waals surface area contributed by atoms with Gasteiger partial charge in [0.2, 0.25) is 0 Å². The minimum Gasteiger partial charge on any atom is -0.313 e. The zero-order valence-corrected chi connectivity index (χ0v) is 12.0. The lowest BCUT2D eigenvalue weighted by atomic mass is 10.2. The first-order valence-electron chi connectivity index (χ1n) is 6.49. The van der Waals surface area contributed by atoms with Gasteiger partial charge in [0.25, 0.3) is 0 Å². The molecule has 1 heterocycles. The number of hydrogen-bond donors (Lipinski definition) is 1. The van der Waals surface area contributed by atoms with Gasteiger partial charge in [-0.3, -0.25) is 4.68 Å². The predicted octanol–water partition coefficient (Wildman–Crippen LogP) is 1.96. The Labute approximate surface area is 109 Å². The number of likely N-dealkylation sites (N-methyl/N-ethyl adjacent to an activating group) is 1. The molecule has 1 unspecified atom stereocenters. The summed E-state index contributed by atoms with van der Waals surface area (Å²) in [6.45, 7) is 8.39. The van der Waals surface area contributed by atoms with Gasteiger partial charge < -0.3 is 5.32 Å². The fourth-order valence-corrected chi connectivity index (χ4v) is 2.75. The van der Waals surface area contributed by atoms with Crippen molar-refractivity contribution in [2.45, 2.75) is 46.2 Å². The first-order valence-corrected chi connectivity index (χ1v) is 7.65. The van der Waals surface area contributed by atoms with E-state index >= 15 is 0 Å². The maximum atomic E-state index is 4.34. The number of aromatic nitrogens is 3. The quantitative estimate of drug-likeness (QED) is 0.686. The van der Waals surface area contributed by atoms with Crippen LogP contribution in [0.25, 0.3) is 0 Å².